The van der Waals surface area contributed by atoms with Gasteiger partial charge in [0.25, 0.3) is 0 Å². The third-order valence-electron chi connectivity index (χ3n) is 2.94. The monoisotopic (exact) mass is 332 g/mol. The Kier molecular flexibility index (Phi) is 4.40. The van der Waals surface area contributed by atoms with Gasteiger partial charge in [-0.3, -0.25) is 0 Å². The van der Waals surface area contributed by atoms with E-state index in [0.717, 1.165) is 18.2 Å². The molecule has 0 aliphatic rings. The second-order valence-electron chi connectivity index (χ2n) is 4.59. The lowest BCUT2D eigenvalue weighted by atomic mass is 9.97. The second-order valence-corrected chi connectivity index (χ2v) is 4.59. The third kappa shape index (κ3) is 4.28. The van der Waals surface area contributed by atoms with Gasteiger partial charge in [-0.1, -0.05) is 30.9 Å². The van der Waals surface area contributed by atoms with E-state index in [4.69, 9.17) is 0 Å². The van der Waals surface area contributed by atoms with E-state index >= 15 is 0 Å². The van der Waals surface area contributed by atoms with E-state index in [1.807, 2.05) is 0 Å². The third-order valence-corrected chi connectivity index (χ3v) is 2.94. The lowest BCUT2D eigenvalue weighted by Crippen LogP contribution is -2.17. The minimum atomic E-state index is -4.94. The van der Waals surface area contributed by atoms with Gasteiger partial charge in [-0.15, -0.1) is 13.2 Å². The molecule has 0 amide bonds. The summed E-state index contributed by atoms with van der Waals surface area (Å²) in [4.78, 5) is 0. The molecule has 7 heteroatoms. The van der Waals surface area contributed by atoms with E-state index in [2.05, 4.69) is 11.3 Å². The molecule has 0 unspecified atom stereocenters. The van der Waals surface area contributed by atoms with Crippen LogP contribution in [0.5, 0.6) is 5.75 Å². The van der Waals surface area contributed by atoms with Gasteiger partial charge in [0.15, 0.2) is 0 Å². The van der Waals surface area contributed by atoms with Crippen LogP contribution in [0, 0.1) is 0 Å². The van der Waals surface area contributed by atoms with E-state index in [-0.39, 0.29) is 16.7 Å². The smallest absolute Gasteiger partial charge is 0.406 e. The number of halogens is 6. The molecule has 2 aromatic carbocycles. The fraction of sp³-hybridized carbons (Fsp3) is 0.125. The zero-order valence-corrected chi connectivity index (χ0v) is 11.5. The zero-order valence-electron chi connectivity index (χ0n) is 11.5. The Morgan fingerprint density at radius 3 is 2.13 bits per heavy atom. The molecular weight excluding hydrogens is 322 g/mol. The fourth-order valence-corrected chi connectivity index (χ4v) is 2.07. The fourth-order valence-electron chi connectivity index (χ4n) is 2.07. The molecule has 0 spiro atoms. The first-order valence-corrected chi connectivity index (χ1v) is 6.30. The Hall–Kier alpha value is -2.44. The maximum Gasteiger partial charge on any atom is 0.573 e. The molecular formula is C16H10F6O. The molecule has 0 atom stereocenters. The van der Waals surface area contributed by atoms with Crippen LogP contribution < -0.4 is 4.74 Å². The molecule has 0 saturated carbocycles. The largest absolute Gasteiger partial charge is 0.573 e. The van der Waals surface area contributed by atoms with Crippen molar-refractivity contribution in [3.63, 3.8) is 0 Å². The number of alkyl halides is 6. The molecule has 0 bridgehead atoms. The predicted octanol–water partition coefficient (Wildman–Crippen LogP) is 5.91. The summed E-state index contributed by atoms with van der Waals surface area (Å²) in [6, 6.07) is 7.88. The summed E-state index contributed by atoms with van der Waals surface area (Å²) < 4.78 is 80.0. The molecule has 0 aliphatic heterocycles. The van der Waals surface area contributed by atoms with Gasteiger partial charge in [0.2, 0.25) is 0 Å². The van der Waals surface area contributed by atoms with Crippen LogP contribution in [0.25, 0.3) is 17.2 Å². The summed E-state index contributed by atoms with van der Waals surface area (Å²) in [5.74, 6) is -0.609. The summed E-state index contributed by atoms with van der Waals surface area (Å²) in [7, 11) is 0. The molecule has 1 nitrogen and oxygen atoms in total. The van der Waals surface area contributed by atoms with Crippen LogP contribution in [0.2, 0.25) is 0 Å². The van der Waals surface area contributed by atoms with Crippen LogP contribution >= 0.6 is 0 Å². The van der Waals surface area contributed by atoms with Crippen molar-refractivity contribution < 1.29 is 31.1 Å². The Balaban J connectivity index is 2.60. The van der Waals surface area contributed by atoms with Crippen LogP contribution in [-0.2, 0) is 6.18 Å². The lowest BCUT2D eigenvalue weighted by Gasteiger charge is -2.15. The van der Waals surface area contributed by atoms with E-state index in [1.54, 1.807) is 0 Å². The van der Waals surface area contributed by atoms with Crippen molar-refractivity contribution in [3.05, 3.63) is 60.2 Å². The summed E-state index contributed by atoms with van der Waals surface area (Å²) in [6.45, 7) is 3.42. The Morgan fingerprint density at radius 1 is 0.913 bits per heavy atom. The zero-order chi connectivity index (χ0) is 17.3. The standard InChI is InChI=1S/C16H10F6O/c1-2-10-7-11(9-12(8-10)23-16(20,21)22)13-5-3-4-6-14(13)15(17,18)19/h2-9H,1H2. The van der Waals surface area contributed by atoms with Gasteiger partial charge < -0.3 is 4.74 Å². The Labute approximate surface area is 127 Å². The second kappa shape index (κ2) is 5.98. The van der Waals surface area contributed by atoms with E-state index in [0.29, 0.717) is 0 Å². The maximum absolute atomic E-state index is 13.1. The van der Waals surface area contributed by atoms with Crippen molar-refractivity contribution in [2.45, 2.75) is 12.5 Å². The quantitative estimate of drug-likeness (QED) is 0.635. The van der Waals surface area contributed by atoms with Crippen LogP contribution in [0.3, 0.4) is 0 Å². The van der Waals surface area contributed by atoms with Gasteiger partial charge in [-0.05, 0) is 41.0 Å². The molecule has 0 aromatic heterocycles. The molecule has 2 aromatic rings. The molecule has 2 rings (SSSR count). The minimum absolute atomic E-state index is 0.0467. The highest BCUT2D eigenvalue weighted by molar-refractivity contribution is 5.72. The summed E-state index contributed by atoms with van der Waals surface area (Å²) in [5, 5.41) is 0. The van der Waals surface area contributed by atoms with Crippen LogP contribution in [0.1, 0.15) is 11.1 Å². The normalized spacial score (nSPS) is 12.1. The van der Waals surface area contributed by atoms with Gasteiger partial charge in [0, 0.05) is 0 Å². The first-order chi connectivity index (χ1) is 10.6. The number of hydrogen-bond acceptors (Lipinski definition) is 1. The van der Waals surface area contributed by atoms with Crippen molar-refractivity contribution >= 4 is 6.08 Å². The van der Waals surface area contributed by atoms with Crippen molar-refractivity contribution in [3.8, 4) is 16.9 Å². The van der Waals surface area contributed by atoms with Crippen LogP contribution in [0.15, 0.2) is 49.0 Å². The highest BCUT2D eigenvalue weighted by Gasteiger charge is 2.34. The van der Waals surface area contributed by atoms with E-state index < -0.39 is 23.9 Å². The molecule has 0 aliphatic carbocycles. The van der Waals surface area contributed by atoms with Crippen molar-refractivity contribution in [1.29, 1.82) is 0 Å². The number of hydrogen-bond donors (Lipinski definition) is 0. The molecule has 0 saturated heterocycles. The van der Waals surface area contributed by atoms with Gasteiger partial charge in [-0.2, -0.15) is 13.2 Å². The molecule has 23 heavy (non-hydrogen) atoms. The first kappa shape index (κ1) is 16.9. The molecule has 0 fully saturated rings. The van der Waals surface area contributed by atoms with Crippen LogP contribution in [0.4, 0.5) is 26.3 Å². The molecule has 122 valence electrons. The number of rotatable bonds is 3. The highest BCUT2D eigenvalue weighted by Crippen LogP contribution is 2.38. The molecule has 0 N–H and O–H groups in total. The Morgan fingerprint density at radius 2 is 1.57 bits per heavy atom. The van der Waals surface area contributed by atoms with Gasteiger partial charge in [0.1, 0.15) is 5.75 Å². The van der Waals surface area contributed by atoms with Crippen LogP contribution in [-0.4, -0.2) is 6.36 Å². The number of benzene rings is 2. The van der Waals surface area contributed by atoms with Gasteiger partial charge >= 0.3 is 12.5 Å². The maximum atomic E-state index is 13.1. The number of ether oxygens (including phenoxy) is 1. The average molecular weight is 332 g/mol. The molecule has 0 heterocycles. The average Bonchev–Trinajstić information content (AvgIpc) is 2.44. The van der Waals surface area contributed by atoms with Gasteiger partial charge in [-0.25, -0.2) is 0 Å². The first-order valence-electron chi connectivity index (χ1n) is 6.30. The SMILES string of the molecule is C=Cc1cc(OC(F)(F)F)cc(-c2ccccc2C(F)(F)F)c1. The Bertz CT molecular complexity index is 715. The van der Waals surface area contributed by atoms with Crippen molar-refractivity contribution in [1.82, 2.24) is 0 Å². The summed E-state index contributed by atoms with van der Waals surface area (Å²) >= 11 is 0. The summed E-state index contributed by atoms with van der Waals surface area (Å²) in [5.41, 5.74) is -1.02. The predicted molar refractivity (Wildman–Crippen MR) is 73.7 cm³/mol. The highest BCUT2D eigenvalue weighted by atomic mass is 19.4. The van der Waals surface area contributed by atoms with Gasteiger partial charge in [0.05, 0.1) is 5.56 Å². The molecule has 0 radical (unpaired) electrons. The van der Waals surface area contributed by atoms with E-state index in [9.17, 15) is 26.3 Å². The van der Waals surface area contributed by atoms with Crippen molar-refractivity contribution in [2.75, 3.05) is 0 Å². The minimum Gasteiger partial charge on any atom is -0.406 e. The lowest BCUT2D eigenvalue weighted by molar-refractivity contribution is -0.274. The summed E-state index contributed by atoms with van der Waals surface area (Å²) in [6.07, 6.45) is -8.35. The van der Waals surface area contributed by atoms with Crippen molar-refractivity contribution in [2.24, 2.45) is 0 Å². The van der Waals surface area contributed by atoms with E-state index in [1.165, 1.54) is 30.3 Å². The topological polar surface area (TPSA) is 9.23 Å².